The fraction of sp³-hybridized carbons (Fsp3) is 0.733. The highest BCUT2D eigenvalue weighted by atomic mass is 16.5. The summed E-state index contributed by atoms with van der Waals surface area (Å²) in [5, 5.41) is 8.27. The average molecular weight is 265 g/mol. The van der Waals surface area contributed by atoms with Gasteiger partial charge in [-0.1, -0.05) is 33.1 Å². The van der Waals surface area contributed by atoms with Gasteiger partial charge in [0.15, 0.2) is 0 Å². The molecule has 0 aliphatic rings. The number of ether oxygens (including phenoxy) is 1. The Kier molecular flexibility index (Phi) is 6.78. The average Bonchev–Trinajstić information content (AvgIpc) is 2.43. The lowest BCUT2D eigenvalue weighted by Gasteiger charge is -2.17. The Labute approximate surface area is 116 Å². The van der Waals surface area contributed by atoms with Gasteiger partial charge in [0.25, 0.3) is 0 Å². The summed E-state index contributed by atoms with van der Waals surface area (Å²) in [4.78, 5) is 0. The molecule has 2 N–H and O–H groups in total. The number of hydrogen-bond acceptors (Lipinski definition) is 4. The van der Waals surface area contributed by atoms with Crippen LogP contribution in [0.25, 0.3) is 0 Å². The Bertz CT molecular complexity index is 393. The van der Waals surface area contributed by atoms with Crippen LogP contribution in [0.2, 0.25) is 0 Å². The Balaban J connectivity index is 2.68. The standard InChI is InChI=1S/C15H27N3O/c1-5-7-8-13(6-2)10-19-15-14(9-16)11(3)12(4)17-18-15/h13H,5-10,16H2,1-4H3. The number of aromatic nitrogens is 2. The highest BCUT2D eigenvalue weighted by Crippen LogP contribution is 2.21. The molecular weight excluding hydrogens is 238 g/mol. The summed E-state index contributed by atoms with van der Waals surface area (Å²) in [7, 11) is 0. The Morgan fingerprint density at radius 1 is 1.21 bits per heavy atom. The van der Waals surface area contributed by atoms with Crippen molar-refractivity contribution in [2.24, 2.45) is 11.7 Å². The molecule has 19 heavy (non-hydrogen) atoms. The van der Waals surface area contributed by atoms with Gasteiger partial charge >= 0.3 is 0 Å². The van der Waals surface area contributed by atoms with Crippen molar-refractivity contribution < 1.29 is 4.74 Å². The lowest BCUT2D eigenvalue weighted by Crippen LogP contribution is -2.15. The predicted octanol–water partition coefficient (Wildman–Crippen LogP) is 3.15. The van der Waals surface area contributed by atoms with Crippen molar-refractivity contribution in [3.63, 3.8) is 0 Å². The second-order valence-corrected chi connectivity index (χ2v) is 5.13. The lowest BCUT2D eigenvalue weighted by atomic mass is 10.0. The van der Waals surface area contributed by atoms with Gasteiger partial charge in [-0.3, -0.25) is 0 Å². The van der Waals surface area contributed by atoms with E-state index in [0.29, 0.717) is 24.9 Å². The summed E-state index contributed by atoms with van der Waals surface area (Å²) in [5.41, 5.74) is 8.79. The monoisotopic (exact) mass is 265 g/mol. The molecule has 1 atom stereocenters. The fourth-order valence-corrected chi connectivity index (χ4v) is 2.09. The van der Waals surface area contributed by atoms with Crippen LogP contribution in [-0.2, 0) is 6.54 Å². The number of aryl methyl sites for hydroxylation is 1. The van der Waals surface area contributed by atoms with E-state index in [1.807, 2.05) is 13.8 Å². The maximum atomic E-state index is 5.86. The first kappa shape index (κ1) is 15.9. The van der Waals surface area contributed by atoms with E-state index in [-0.39, 0.29) is 0 Å². The second kappa shape index (κ2) is 8.10. The molecule has 0 aliphatic heterocycles. The maximum Gasteiger partial charge on any atom is 0.238 e. The summed E-state index contributed by atoms with van der Waals surface area (Å²) in [5.74, 6) is 1.20. The molecule has 0 spiro atoms. The van der Waals surface area contributed by atoms with Crippen molar-refractivity contribution in [2.45, 2.75) is 59.9 Å². The van der Waals surface area contributed by atoms with Gasteiger partial charge in [-0.2, -0.15) is 5.10 Å². The summed E-state index contributed by atoms with van der Waals surface area (Å²) in [6, 6.07) is 0. The van der Waals surface area contributed by atoms with Crippen molar-refractivity contribution in [1.29, 1.82) is 0 Å². The molecule has 1 aromatic rings. The molecule has 1 heterocycles. The normalized spacial score (nSPS) is 12.5. The van der Waals surface area contributed by atoms with Crippen LogP contribution in [0.15, 0.2) is 0 Å². The lowest BCUT2D eigenvalue weighted by molar-refractivity contribution is 0.221. The van der Waals surface area contributed by atoms with E-state index in [1.165, 1.54) is 19.3 Å². The van der Waals surface area contributed by atoms with Gasteiger partial charge in [0.2, 0.25) is 5.88 Å². The molecule has 0 aliphatic carbocycles. The Hall–Kier alpha value is -1.16. The van der Waals surface area contributed by atoms with Gasteiger partial charge in [0.05, 0.1) is 12.3 Å². The number of rotatable bonds is 8. The fourth-order valence-electron chi connectivity index (χ4n) is 2.09. The molecule has 0 saturated heterocycles. The topological polar surface area (TPSA) is 61.0 Å². The highest BCUT2D eigenvalue weighted by molar-refractivity contribution is 5.34. The smallest absolute Gasteiger partial charge is 0.238 e. The molecule has 4 nitrogen and oxygen atoms in total. The van der Waals surface area contributed by atoms with Crippen LogP contribution in [0.3, 0.4) is 0 Å². The van der Waals surface area contributed by atoms with E-state index in [0.717, 1.165) is 23.2 Å². The minimum Gasteiger partial charge on any atom is -0.476 e. The zero-order valence-corrected chi connectivity index (χ0v) is 12.7. The minimum atomic E-state index is 0.448. The molecule has 1 rings (SSSR count). The highest BCUT2D eigenvalue weighted by Gasteiger charge is 2.13. The van der Waals surface area contributed by atoms with Gasteiger partial charge < -0.3 is 10.5 Å². The van der Waals surface area contributed by atoms with E-state index in [2.05, 4.69) is 24.0 Å². The van der Waals surface area contributed by atoms with Crippen LogP contribution in [0, 0.1) is 19.8 Å². The Morgan fingerprint density at radius 2 is 1.95 bits per heavy atom. The first-order valence-electron chi connectivity index (χ1n) is 7.29. The second-order valence-electron chi connectivity index (χ2n) is 5.13. The van der Waals surface area contributed by atoms with Crippen LogP contribution in [-0.4, -0.2) is 16.8 Å². The zero-order valence-electron chi connectivity index (χ0n) is 12.7. The molecule has 0 saturated carbocycles. The number of unbranched alkanes of at least 4 members (excludes halogenated alkanes) is 1. The van der Waals surface area contributed by atoms with Crippen molar-refractivity contribution in [3.8, 4) is 5.88 Å². The SMILES string of the molecule is CCCCC(CC)COc1nnc(C)c(C)c1CN. The number of nitrogens with zero attached hydrogens (tertiary/aromatic N) is 2. The minimum absolute atomic E-state index is 0.448. The predicted molar refractivity (Wildman–Crippen MR) is 78.2 cm³/mol. The molecule has 0 bridgehead atoms. The number of hydrogen-bond donors (Lipinski definition) is 1. The van der Waals surface area contributed by atoms with Gasteiger partial charge in [-0.15, -0.1) is 5.10 Å². The van der Waals surface area contributed by atoms with Crippen LogP contribution < -0.4 is 10.5 Å². The van der Waals surface area contributed by atoms with Gasteiger partial charge in [0.1, 0.15) is 0 Å². The maximum absolute atomic E-state index is 5.86. The van der Waals surface area contributed by atoms with Crippen molar-refractivity contribution in [3.05, 3.63) is 16.8 Å². The summed E-state index contributed by atoms with van der Waals surface area (Å²) < 4.78 is 5.86. The molecule has 108 valence electrons. The molecule has 1 unspecified atom stereocenters. The Morgan fingerprint density at radius 3 is 2.53 bits per heavy atom. The summed E-state index contributed by atoms with van der Waals surface area (Å²) in [6.07, 6.45) is 4.83. The van der Waals surface area contributed by atoms with E-state index in [4.69, 9.17) is 10.5 Å². The molecule has 1 aromatic heterocycles. The van der Waals surface area contributed by atoms with Crippen molar-refractivity contribution in [1.82, 2.24) is 10.2 Å². The van der Waals surface area contributed by atoms with Gasteiger partial charge in [-0.05, 0) is 31.7 Å². The van der Waals surface area contributed by atoms with E-state index >= 15 is 0 Å². The largest absolute Gasteiger partial charge is 0.476 e. The third-order valence-electron chi connectivity index (χ3n) is 3.75. The van der Waals surface area contributed by atoms with E-state index in [1.54, 1.807) is 0 Å². The number of nitrogens with two attached hydrogens (primary N) is 1. The van der Waals surface area contributed by atoms with Crippen molar-refractivity contribution in [2.75, 3.05) is 6.61 Å². The molecule has 0 amide bonds. The van der Waals surface area contributed by atoms with Crippen molar-refractivity contribution >= 4 is 0 Å². The molecule has 4 heteroatoms. The zero-order chi connectivity index (χ0) is 14.3. The first-order valence-corrected chi connectivity index (χ1v) is 7.29. The summed E-state index contributed by atoms with van der Waals surface area (Å²) >= 11 is 0. The first-order chi connectivity index (χ1) is 9.13. The van der Waals surface area contributed by atoms with Crippen LogP contribution in [0.5, 0.6) is 5.88 Å². The molecule has 0 fully saturated rings. The molecule has 0 radical (unpaired) electrons. The third kappa shape index (κ3) is 4.46. The third-order valence-corrected chi connectivity index (χ3v) is 3.75. The van der Waals surface area contributed by atoms with E-state index < -0.39 is 0 Å². The van der Waals surface area contributed by atoms with Crippen LogP contribution in [0.1, 0.15) is 56.4 Å². The van der Waals surface area contributed by atoms with Gasteiger partial charge in [-0.25, -0.2) is 0 Å². The molecular formula is C15H27N3O. The molecule has 0 aromatic carbocycles. The quantitative estimate of drug-likeness (QED) is 0.784. The van der Waals surface area contributed by atoms with Crippen LogP contribution >= 0.6 is 0 Å². The van der Waals surface area contributed by atoms with Crippen LogP contribution in [0.4, 0.5) is 0 Å². The van der Waals surface area contributed by atoms with E-state index in [9.17, 15) is 0 Å². The van der Waals surface area contributed by atoms with Gasteiger partial charge in [0, 0.05) is 12.1 Å². The summed E-state index contributed by atoms with van der Waals surface area (Å²) in [6.45, 7) is 9.55.